The number of hydrogen-bond acceptors (Lipinski definition) is 5. The van der Waals surface area contributed by atoms with Gasteiger partial charge in [0.2, 0.25) is 0 Å². The van der Waals surface area contributed by atoms with Gasteiger partial charge in [-0.05, 0) is 23.8 Å². The van der Waals surface area contributed by atoms with Crippen molar-refractivity contribution >= 4 is 23.1 Å². The van der Waals surface area contributed by atoms with E-state index in [2.05, 4.69) is 20.4 Å². The molecule has 0 aliphatic carbocycles. The van der Waals surface area contributed by atoms with E-state index in [1.807, 2.05) is 42.5 Å². The summed E-state index contributed by atoms with van der Waals surface area (Å²) in [6, 6.07) is 15.3. The average Bonchev–Trinajstić information content (AvgIpc) is 3.25. The second-order valence-electron chi connectivity index (χ2n) is 6.06. The molecule has 2 aliphatic rings. The molecule has 0 saturated carbocycles. The van der Waals surface area contributed by atoms with Crippen LogP contribution in [0.4, 0.5) is 5.69 Å². The summed E-state index contributed by atoms with van der Waals surface area (Å²) in [6.45, 7) is 0. The smallest absolute Gasteiger partial charge is 0.279 e. The number of amidine groups is 1. The number of likely N-dealkylation sites (N-methyl/N-ethyl adjacent to an activating group) is 1. The van der Waals surface area contributed by atoms with E-state index in [1.165, 1.54) is 0 Å². The summed E-state index contributed by atoms with van der Waals surface area (Å²) < 4.78 is 5.25. The van der Waals surface area contributed by atoms with Crippen LogP contribution in [-0.4, -0.2) is 31.6 Å². The summed E-state index contributed by atoms with van der Waals surface area (Å²) >= 11 is 0. The maximum atomic E-state index is 12.5. The average molecular weight is 347 g/mol. The first kappa shape index (κ1) is 16.1. The largest absolute Gasteiger partial charge is 0.497 e. The fourth-order valence-corrected chi connectivity index (χ4v) is 3.02. The number of hydrogen-bond donors (Lipinski definition) is 0. The summed E-state index contributed by atoms with van der Waals surface area (Å²) in [5.74, 6) is 0.974. The highest BCUT2D eigenvalue weighted by Gasteiger charge is 2.32. The summed E-state index contributed by atoms with van der Waals surface area (Å²) in [5.41, 5.74) is 2.86. The van der Waals surface area contributed by atoms with Crippen LogP contribution < -0.4 is 9.64 Å². The third kappa shape index (κ3) is 2.77. The monoisotopic (exact) mass is 347 g/mol. The first-order valence-corrected chi connectivity index (χ1v) is 8.24. The second kappa shape index (κ2) is 6.51. The molecule has 26 heavy (non-hydrogen) atoms. The minimum absolute atomic E-state index is 0.0514. The van der Waals surface area contributed by atoms with Gasteiger partial charge >= 0.3 is 0 Å². The number of rotatable bonds is 3. The number of nitrogens with zero attached hydrogens (tertiary/aromatic N) is 5. The Morgan fingerprint density at radius 3 is 2.73 bits per heavy atom. The highest BCUT2D eigenvalue weighted by molar-refractivity contribution is 6.54. The molecule has 7 heteroatoms. The molecular weight excluding hydrogens is 330 g/mol. The molecule has 0 N–H and O–H groups in total. The van der Waals surface area contributed by atoms with E-state index in [0.717, 1.165) is 11.3 Å². The maximum Gasteiger partial charge on any atom is 0.279 e. The molecule has 2 heterocycles. The minimum atomic E-state index is -0.202. The number of amides is 1. The highest BCUT2D eigenvalue weighted by Crippen LogP contribution is 2.32. The van der Waals surface area contributed by atoms with Crippen LogP contribution in [0.5, 0.6) is 5.75 Å². The molecule has 0 unspecified atom stereocenters. The predicted molar refractivity (Wildman–Crippen MR) is 99.0 cm³/mol. The van der Waals surface area contributed by atoms with Gasteiger partial charge in [-0.1, -0.05) is 30.3 Å². The van der Waals surface area contributed by atoms with Crippen molar-refractivity contribution in [3.8, 4) is 5.75 Å². The Morgan fingerprint density at radius 1 is 1.15 bits per heavy atom. The minimum Gasteiger partial charge on any atom is -0.497 e. The standard InChI is InChI=1S/C19H17N5O2/c1-24-16-9-8-13(26-2)10-14(16)18(19(24)25)23-22-17-11-15(20-21-17)12-6-4-3-5-7-12/h3-10,15H,11H2,1-2H3/b22-17-,23-18-/t15-/m0/s1. The van der Waals surface area contributed by atoms with Gasteiger partial charge in [0.1, 0.15) is 11.8 Å². The van der Waals surface area contributed by atoms with E-state index in [1.54, 1.807) is 25.1 Å². The molecule has 0 radical (unpaired) electrons. The van der Waals surface area contributed by atoms with Crippen molar-refractivity contribution in [3.05, 3.63) is 59.7 Å². The quantitative estimate of drug-likeness (QED) is 0.798. The number of fused-ring (bicyclic) bond motifs is 1. The Hall–Kier alpha value is -3.35. The van der Waals surface area contributed by atoms with Gasteiger partial charge in [0.05, 0.1) is 12.8 Å². The van der Waals surface area contributed by atoms with Gasteiger partial charge < -0.3 is 9.64 Å². The molecule has 4 rings (SSSR count). The predicted octanol–water partition coefficient (Wildman–Crippen LogP) is 3.37. The van der Waals surface area contributed by atoms with E-state index < -0.39 is 0 Å². The zero-order chi connectivity index (χ0) is 18.1. The van der Waals surface area contributed by atoms with Crippen LogP contribution in [0.15, 0.2) is 69.0 Å². The molecule has 130 valence electrons. The summed E-state index contributed by atoms with van der Waals surface area (Å²) in [5, 5.41) is 16.7. The third-order valence-electron chi connectivity index (χ3n) is 4.47. The van der Waals surface area contributed by atoms with Gasteiger partial charge in [0.25, 0.3) is 5.91 Å². The lowest BCUT2D eigenvalue weighted by Crippen LogP contribution is -2.25. The van der Waals surface area contributed by atoms with E-state index in [-0.39, 0.29) is 17.7 Å². The van der Waals surface area contributed by atoms with Crippen molar-refractivity contribution in [2.24, 2.45) is 20.4 Å². The van der Waals surface area contributed by atoms with Crippen molar-refractivity contribution < 1.29 is 9.53 Å². The fraction of sp³-hybridized carbons (Fsp3) is 0.211. The molecule has 0 bridgehead atoms. The summed E-state index contributed by atoms with van der Waals surface area (Å²) in [7, 11) is 3.30. The number of azo groups is 1. The van der Waals surface area contributed by atoms with Crippen molar-refractivity contribution in [2.45, 2.75) is 12.5 Å². The third-order valence-corrected chi connectivity index (χ3v) is 4.47. The van der Waals surface area contributed by atoms with Crippen LogP contribution >= 0.6 is 0 Å². The first-order chi connectivity index (χ1) is 12.7. The normalized spacial score (nSPS) is 21.7. The molecule has 2 aromatic carbocycles. The molecule has 7 nitrogen and oxygen atoms in total. The zero-order valence-corrected chi connectivity index (χ0v) is 14.5. The van der Waals surface area contributed by atoms with Gasteiger partial charge in [0, 0.05) is 19.0 Å². The maximum absolute atomic E-state index is 12.5. The number of carbonyl (C=O) groups is 1. The molecular formula is C19H17N5O2. The second-order valence-corrected chi connectivity index (χ2v) is 6.06. The lowest BCUT2D eigenvalue weighted by molar-refractivity contribution is -0.111. The molecule has 1 amide bonds. The van der Waals surface area contributed by atoms with Gasteiger partial charge in [-0.3, -0.25) is 4.79 Å². The summed E-state index contributed by atoms with van der Waals surface area (Å²) in [6.07, 6.45) is 0.565. The number of anilines is 1. The number of ether oxygens (including phenoxy) is 1. The van der Waals surface area contributed by atoms with E-state index in [9.17, 15) is 4.79 Å². The van der Waals surface area contributed by atoms with Crippen LogP contribution in [0.25, 0.3) is 0 Å². The Morgan fingerprint density at radius 2 is 1.96 bits per heavy atom. The van der Waals surface area contributed by atoms with Gasteiger partial charge in [-0.25, -0.2) is 0 Å². The van der Waals surface area contributed by atoms with Crippen LogP contribution in [0, 0.1) is 0 Å². The number of benzene rings is 2. The Labute approximate surface area is 150 Å². The van der Waals surface area contributed by atoms with Crippen LogP contribution in [0.2, 0.25) is 0 Å². The molecule has 2 aromatic rings. The Kier molecular flexibility index (Phi) is 4.04. The van der Waals surface area contributed by atoms with E-state index in [0.29, 0.717) is 23.6 Å². The topological polar surface area (TPSA) is 79.0 Å². The van der Waals surface area contributed by atoms with Gasteiger partial charge in [0.15, 0.2) is 11.5 Å². The Bertz CT molecular complexity index is 950. The van der Waals surface area contributed by atoms with Crippen molar-refractivity contribution in [1.29, 1.82) is 0 Å². The van der Waals surface area contributed by atoms with Crippen molar-refractivity contribution in [3.63, 3.8) is 0 Å². The van der Waals surface area contributed by atoms with Gasteiger partial charge in [-0.15, -0.1) is 15.3 Å². The molecule has 0 saturated heterocycles. The molecule has 1 atom stereocenters. The van der Waals surface area contributed by atoms with Gasteiger partial charge in [-0.2, -0.15) is 5.11 Å². The zero-order valence-electron chi connectivity index (χ0n) is 14.5. The number of methoxy groups -OCH3 is 1. The first-order valence-electron chi connectivity index (χ1n) is 8.24. The van der Waals surface area contributed by atoms with E-state index in [4.69, 9.17) is 4.74 Å². The lowest BCUT2D eigenvalue weighted by atomic mass is 10.1. The molecule has 0 aromatic heterocycles. The summed E-state index contributed by atoms with van der Waals surface area (Å²) in [4.78, 5) is 14.0. The molecule has 0 spiro atoms. The molecule has 2 aliphatic heterocycles. The van der Waals surface area contributed by atoms with Crippen molar-refractivity contribution in [2.75, 3.05) is 19.1 Å². The van der Waals surface area contributed by atoms with Crippen molar-refractivity contribution in [1.82, 2.24) is 0 Å². The highest BCUT2D eigenvalue weighted by atomic mass is 16.5. The van der Waals surface area contributed by atoms with Crippen LogP contribution in [-0.2, 0) is 4.79 Å². The molecule has 0 fully saturated rings. The van der Waals surface area contributed by atoms with Crippen LogP contribution in [0.1, 0.15) is 23.6 Å². The van der Waals surface area contributed by atoms with E-state index >= 15 is 0 Å². The lowest BCUT2D eigenvalue weighted by Gasteiger charge is -2.08. The number of carbonyl (C=O) groups excluding carboxylic acids is 1. The van der Waals surface area contributed by atoms with Crippen LogP contribution in [0.3, 0.4) is 0 Å². The fourth-order valence-electron chi connectivity index (χ4n) is 3.02. The Balaban J connectivity index is 1.61. The SMILES string of the molecule is COc1ccc2c(c1)/C(=N/N=C1/C[C@@H](c3ccccc3)N=N1)C(=O)N2C.